The minimum Gasteiger partial charge on any atom is -0.497 e. The number of non-ortho nitro benzene ring substituents is 1. The van der Waals surface area contributed by atoms with Gasteiger partial charge in [0.05, 0.1) is 17.6 Å². The first-order chi connectivity index (χ1) is 15.0. The summed E-state index contributed by atoms with van der Waals surface area (Å²) in [7, 11) is 1.56. The van der Waals surface area contributed by atoms with E-state index in [2.05, 4.69) is 10.7 Å². The van der Waals surface area contributed by atoms with Crippen molar-refractivity contribution in [1.82, 2.24) is 10.4 Å². The highest BCUT2D eigenvalue weighted by atomic mass is 16.6. The van der Waals surface area contributed by atoms with Crippen LogP contribution >= 0.6 is 0 Å². The van der Waals surface area contributed by atoms with Gasteiger partial charge in [0.25, 0.3) is 17.5 Å². The quantitative estimate of drug-likeness (QED) is 0.484. The molecule has 156 valence electrons. The summed E-state index contributed by atoms with van der Waals surface area (Å²) in [5.74, 6) is -0.291. The summed E-state index contributed by atoms with van der Waals surface area (Å²) in [6.45, 7) is 0. The number of hydrazine groups is 1. The number of fused-ring (bicyclic) bond motifs is 1. The van der Waals surface area contributed by atoms with E-state index in [4.69, 9.17) is 4.74 Å². The Hall–Kier alpha value is -4.40. The number of hydrogen-bond donors (Lipinski definition) is 2. The van der Waals surface area contributed by atoms with E-state index < -0.39 is 17.0 Å². The molecule has 9 heteroatoms. The largest absolute Gasteiger partial charge is 0.497 e. The van der Waals surface area contributed by atoms with Crippen LogP contribution in [0.1, 0.15) is 32.4 Å². The minimum atomic E-state index is -0.671. The van der Waals surface area contributed by atoms with Crippen LogP contribution in [0.2, 0.25) is 0 Å². The zero-order valence-corrected chi connectivity index (χ0v) is 16.4. The summed E-state index contributed by atoms with van der Waals surface area (Å²) < 4.78 is 5.19. The molecular formula is C22H18N4O5. The Morgan fingerprint density at radius 2 is 1.74 bits per heavy atom. The normalized spacial score (nSPS) is 14.9. The van der Waals surface area contributed by atoms with Crippen LogP contribution in [0.25, 0.3) is 0 Å². The third kappa shape index (κ3) is 3.88. The molecule has 0 aliphatic carbocycles. The van der Waals surface area contributed by atoms with Crippen molar-refractivity contribution >= 4 is 23.2 Å². The molecule has 0 saturated carbocycles. The first-order valence-electron chi connectivity index (χ1n) is 9.36. The maximum Gasteiger partial charge on any atom is 0.276 e. The van der Waals surface area contributed by atoms with Gasteiger partial charge in [-0.05, 0) is 42.0 Å². The molecule has 1 heterocycles. The topological polar surface area (TPSA) is 114 Å². The molecule has 0 fully saturated rings. The summed E-state index contributed by atoms with van der Waals surface area (Å²) in [6.07, 6.45) is -0.671. The molecule has 3 aromatic rings. The highest BCUT2D eigenvalue weighted by Gasteiger charge is 2.34. The lowest BCUT2D eigenvalue weighted by Crippen LogP contribution is -2.52. The van der Waals surface area contributed by atoms with Crippen LogP contribution in [-0.2, 0) is 0 Å². The van der Waals surface area contributed by atoms with Gasteiger partial charge in [-0.25, -0.2) is 5.01 Å². The van der Waals surface area contributed by atoms with Crippen LogP contribution in [0.5, 0.6) is 5.75 Å². The third-order valence-corrected chi connectivity index (χ3v) is 4.92. The maximum atomic E-state index is 13.2. The average molecular weight is 418 g/mol. The van der Waals surface area contributed by atoms with E-state index in [0.717, 1.165) is 5.56 Å². The van der Waals surface area contributed by atoms with Gasteiger partial charge in [0.1, 0.15) is 11.9 Å². The van der Waals surface area contributed by atoms with E-state index in [1.165, 1.54) is 29.3 Å². The molecule has 31 heavy (non-hydrogen) atoms. The fourth-order valence-corrected chi connectivity index (χ4v) is 3.30. The molecule has 3 aromatic carbocycles. The lowest BCUT2D eigenvalue weighted by molar-refractivity contribution is -0.384. The first-order valence-corrected chi connectivity index (χ1v) is 9.36. The lowest BCUT2D eigenvalue weighted by Gasteiger charge is -2.37. The maximum absolute atomic E-state index is 13.2. The van der Waals surface area contributed by atoms with Gasteiger partial charge in [-0.2, -0.15) is 0 Å². The van der Waals surface area contributed by atoms with Crippen LogP contribution in [-0.4, -0.2) is 28.9 Å². The molecule has 0 aromatic heterocycles. The van der Waals surface area contributed by atoms with E-state index in [-0.39, 0.29) is 17.2 Å². The number of nitro benzene ring substituents is 1. The number of anilines is 1. The second-order valence-corrected chi connectivity index (χ2v) is 6.79. The predicted molar refractivity (Wildman–Crippen MR) is 113 cm³/mol. The fourth-order valence-electron chi connectivity index (χ4n) is 3.30. The Morgan fingerprint density at radius 3 is 2.39 bits per heavy atom. The van der Waals surface area contributed by atoms with E-state index in [9.17, 15) is 19.7 Å². The van der Waals surface area contributed by atoms with Gasteiger partial charge in [-0.1, -0.05) is 24.3 Å². The number of para-hydroxylation sites is 1. The van der Waals surface area contributed by atoms with Crippen molar-refractivity contribution in [2.45, 2.75) is 6.17 Å². The zero-order valence-electron chi connectivity index (χ0n) is 16.4. The molecule has 0 spiro atoms. The highest BCUT2D eigenvalue weighted by Crippen LogP contribution is 2.32. The summed E-state index contributed by atoms with van der Waals surface area (Å²) in [5.41, 5.74) is 4.48. The minimum absolute atomic E-state index is 0.127. The van der Waals surface area contributed by atoms with Gasteiger partial charge in [0, 0.05) is 23.4 Å². The van der Waals surface area contributed by atoms with E-state index in [1.54, 1.807) is 49.6 Å². The van der Waals surface area contributed by atoms with Gasteiger partial charge in [-0.3, -0.25) is 25.1 Å². The van der Waals surface area contributed by atoms with Crippen LogP contribution in [0, 0.1) is 10.1 Å². The van der Waals surface area contributed by atoms with Gasteiger partial charge in [0.2, 0.25) is 0 Å². The molecule has 1 aliphatic heterocycles. The Kier molecular flexibility index (Phi) is 5.23. The average Bonchev–Trinajstić information content (AvgIpc) is 2.81. The number of carbonyl (C=O) groups is 2. The van der Waals surface area contributed by atoms with E-state index in [0.29, 0.717) is 17.0 Å². The van der Waals surface area contributed by atoms with Crippen molar-refractivity contribution in [1.29, 1.82) is 0 Å². The van der Waals surface area contributed by atoms with E-state index >= 15 is 0 Å². The smallest absolute Gasteiger partial charge is 0.276 e. The first kappa shape index (κ1) is 19.9. The molecule has 9 nitrogen and oxygen atoms in total. The van der Waals surface area contributed by atoms with Gasteiger partial charge >= 0.3 is 0 Å². The van der Waals surface area contributed by atoms with Gasteiger partial charge in [-0.15, -0.1) is 0 Å². The molecule has 0 bridgehead atoms. The van der Waals surface area contributed by atoms with Crippen molar-refractivity contribution in [3.05, 3.63) is 99.6 Å². The van der Waals surface area contributed by atoms with Crippen LogP contribution < -0.4 is 15.5 Å². The Bertz CT molecular complexity index is 1150. The molecular weight excluding hydrogens is 400 g/mol. The fraction of sp³-hybridized carbons (Fsp3) is 0.0909. The monoisotopic (exact) mass is 418 g/mol. The summed E-state index contributed by atoms with van der Waals surface area (Å²) in [5, 5.41) is 15.3. The number of carbonyl (C=O) groups excluding carboxylic acids is 2. The second kappa shape index (κ2) is 8.15. The molecule has 0 radical (unpaired) electrons. The number of nitrogens with zero attached hydrogens (tertiary/aromatic N) is 2. The molecule has 1 unspecified atom stereocenters. The van der Waals surface area contributed by atoms with Crippen LogP contribution in [0.3, 0.4) is 0 Å². The Morgan fingerprint density at radius 1 is 1.06 bits per heavy atom. The molecule has 2 amide bonds. The lowest BCUT2D eigenvalue weighted by atomic mass is 10.0. The Labute approximate surface area is 177 Å². The number of methoxy groups -OCH3 is 1. The van der Waals surface area contributed by atoms with Crippen LogP contribution in [0.15, 0.2) is 72.8 Å². The predicted octanol–water partition coefficient (Wildman–Crippen LogP) is 3.51. The standard InChI is InChI=1S/C22H18N4O5/c1-31-17-12-8-14(9-13-17)20-23-19-5-3-2-4-18(19)22(28)25(20)24-21(27)15-6-10-16(11-7-15)26(29)30/h2-13,20,23H,1H3,(H,24,27). The molecule has 2 N–H and O–H groups in total. The van der Waals surface area contributed by atoms with E-state index in [1.807, 2.05) is 6.07 Å². The zero-order chi connectivity index (χ0) is 22.0. The number of nitrogens with one attached hydrogen (secondary N) is 2. The number of amides is 2. The second-order valence-electron chi connectivity index (χ2n) is 6.79. The molecule has 1 aliphatic rings. The highest BCUT2D eigenvalue weighted by molar-refractivity contribution is 6.04. The van der Waals surface area contributed by atoms with Crippen molar-refractivity contribution in [2.75, 3.05) is 12.4 Å². The molecule has 1 atom stereocenters. The number of benzene rings is 3. The number of hydrogen-bond acceptors (Lipinski definition) is 6. The number of ether oxygens (including phenoxy) is 1. The SMILES string of the molecule is COc1ccc(C2Nc3ccccc3C(=O)N2NC(=O)c2ccc([N+](=O)[O-])cc2)cc1. The Balaban J connectivity index is 1.66. The van der Waals surface area contributed by atoms with Crippen molar-refractivity contribution in [2.24, 2.45) is 0 Å². The van der Waals surface area contributed by atoms with Gasteiger partial charge in [0.15, 0.2) is 0 Å². The molecule has 0 saturated heterocycles. The summed E-state index contributed by atoms with van der Waals surface area (Å²) in [4.78, 5) is 36.3. The van der Waals surface area contributed by atoms with Crippen molar-refractivity contribution in [3.63, 3.8) is 0 Å². The molecule has 4 rings (SSSR count). The van der Waals surface area contributed by atoms with Gasteiger partial charge < -0.3 is 10.1 Å². The third-order valence-electron chi connectivity index (χ3n) is 4.92. The van der Waals surface area contributed by atoms with Crippen molar-refractivity contribution < 1.29 is 19.2 Å². The summed E-state index contributed by atoms with van der Waals surface area (Å²) >= 11 is 0. The van der Waals surface area contributed by atoms with Crippen molar-refractivity contribution in [3.8, 4) is 5.75 Å². The summed E-state index contributed by atoms with van der Waals surface area (Å²) in [6, 6.07) is 19.3. The number of nitro groups is 1. The van der Waals surface area contributed by atoms with Crippen LogP contribution in [0.4, 0.5) is 11.4 Å². The number of rotatable bonds is 5.